The van der Waals surface area contributed by atoms with Crippen LogP contribution in [0.5, 0.6) is 0 Å². The Hall–Kier alpha value is -1.88. The van der Waals surface area contributed by atoms with Crippen molar-refractivity contribution >= 4 is 23.2 Å². The van der Waals surface area contributed by atoms with Crippen molar-refractivity contribution in [3.63, 3.8) is 0 Å². The third-order valence-electron chi connectivity index (χ3n) is 4.18. The van der Waals surface area contributed by atoms with Crippen LogP contribution in [-0.4, -0.2) is 21.7 Å². The van der Waals surface area contributed by atoms with E-state index in [0.29, 0.717) is 5.69 Å². The maximum atomic E-state index is 13.3. The fourth-order valence-electron chi connectivity index (χ4n) is 2.97. The molecule has 0 aliphatic heterocycles. The van der Waals surface area contributed by atoms with Crippen molar-refractivity contribution in [2.75, 3.05) is 4.90 Å². The number of carbonyl (C=O) groups is 1. The van der Waals surface area contributed by atoms with E-state index in [1.54, 1.807) is 15.6 Å². The molecule has 4 nitrogen and oxygen atoms in total. The quantitative estimate of drug-likeness (QED) is 0.853. The van der Waals surface area contributed by atoms with Gasteiger partial charge in [-0.15, -0.1) is 0 Å². The minimum atomic E-state index is -0.408. The SMILES string of the molecule is CC(C)N(C(=O)[C@H]1C[C@H]1c1cnn(C)c1)c1ccc(F)cc1Cl. The third kappa shape index (κ3) is 3.11. The fourth-order valence-corrected chi connectivity index (χ4v) is 3.23. The zero-order chi connectivity index (χ0) is 16.7. The molecule has 1 saturated carbocycles. The largest absolute Gasteiger partial charge is 0.308 e. The summed E-state index contributed by atoms with van der Waals surface area (Å²) in [6, 6.07) is 4.08. The van der Waals surface area contributed by atoms with Gasteiger partial charge in [0.15, 0.2) is 0 Å². The summed E-state index contributed by atoms with van der Waals surface area (Å²) in [5, 5.41) is 4.42. The Morgan fingerprint density at radius 3 is 2.78 bits per heavy atom. The van der Waals surface area contributed by atoms with Crippen LogP contribution >= 0.6 is 11.6 Å². The van der Waals surface area contributed by atoms with Gasteiger partial charge >= 0.3 is 0 Å². The molecule has 0 unspecified atom stereocenters. The highest BCUT2D eigenvalue weighted by molar-refractivity contribution is 6.33. The highest BCUT2D eigenvalue weighted by Crippen LogP contribution is 2.49. The number of anilines is 1. The summed E-state index contributed by atoms with van der Waals surface area (Å²) in [7, 11) is 1.86. The summed E-state index contributed by atoms with van der Waals surface area (Å²) < 4.78 is 15.0. The Balaban J connectivity index is 1.83. The van der Waals surface area contributed by atoms with Gasteiger partial charge in [-0.2, -0.15) is 5.10 Å². The van der Waals surface area contributed by atoms with E-state index in [9.17, 15) is 9.18 Å². The van der Waals surface area contributed by atoms with Crippen molar-refractivity contribution in [3.8, 4) is 0 Å². The molecule has 0 bridgehead atoms. The summed E-state index contributed by atoms with van der Waals surface area (Å²) in [5.74, 6) is -0.240. The standard InChI is InChI=1S/C17H19ClFN3O/c1-10(2)22(16-5-4-12(19)6-15(16)18)17(23)14-7-13(14)11-8-20-21(3)9-11/h4-6,8-10,13-14H,7H2,1-3H3/t13-,14-/m0/s1. The second-order valence-corrected chi connectivity index (χ2v) is 6.70. The van der Waals surface area contributed by atoms with E-state index < -0.39 is 5.82 Å². The average molecular weight is 336 g/mol. The van der Waals surface area contributed by atoms with Crippen LogP contribution in [0, 0.1) is 11.7 Å². The lowest BCUT2D eigenvalue weighted by Gasteiger charge is -2.28. The maximum absolute atomic E-state index is 13.3. The Morgan fingerprint density at radius 2 is 2.22 bits per heavy atom. The molecule has 6 heteroatoms. The fraction of sp³-hybridized carbons (Fsp3) is 0.412. The lowest BCUT2D eigenvalue weighted by molar-refractivity contribution is -0.120. The highest BCUT2D eigenvalue weighted by atomic mass is 35.5. The molecule has 122 valence electrons. The lowest BCUT2D eigenvalue weighted by Crippen LogP contribution is -2.38. The Bertz CT molecular complexity index is 743. The minimum absolute atomic E-state index is 0.0300. The van der Waals surface area contributed by atoms with Crippen LogP contribution in [-0.2, 0) is 11.8 Å². The van der Waals surface area contributed by atoms with E-state index in [-0.39, 0.29) is 28.8 Å². The third-order valence-corrected chi connectivity index (χ3v) is 4.49. The van der Waals surface area contributed by atoms with Gasteiger partial charge in [-0.05, 0) is 49.9 Å². The molecule has 0 radical (unpaired) electrons. The predicted molar refractivity (Wildman–Crippen MR) is 88.1 cm³/mol. The smallest absolute Gasteiger partial charge is 0.231 e. The van der Waals surface area contributed by atoms with Crippen LogP contribution < -0.4 is 4.90 Å². The number of nitrogens with zero attached hydrogens (tertiary/aromatic N) is 3. The summed E-state index contributed by atoms with van der Waals surface area (Å²) in [6.07, 6.45) is 4.57. The second kappa shape index (κ2) is 5.96. The Labute approximate surface area is 139 Å². The first kappa shape index (κ1) is 16.0. The molecule has 1 fully saturated rings. The topological polar surface area (TPSA) is 38.1 Å². The van der Waals surface area contributed by atoms with Gasteiger partial charge in [0.1, 0.15) is 5.82 Å². The lowest BCUT2D eigenvalue weighted by atomic mass is 10.1. The normalized spacial score (nSPS) is 19.9. The number of aromatic nitrogens is 2. The number of carbonyl (C=O) groups excluding carboxylic acids is 1. The Morgan fingerprint density at radius 1 is 1.48 bits per heavy atom. The second-order valence-electron chi connectivity index (χ2n) is 6.29. The number of aryl methyl sites for hydroxylation is 1. The summed E-state index contributed by atoms with van der Waals surface area (Å²) >= 11 is 6.15. The zero-order valence-corrected chi connectivity index (χ0v) is 14.1. The van der Waals surface area contributed by atoms with E-state index in [2.05, 4.69) is 5.10 Å². The summed E-state index contributed by atoms with van der Waals surface area (Å²) in [5.41, 5.74) is 1.64. The van der Waals surface area contributed by atoms with Crippen LogP contribution in [0.2, 0.25) is 5.02 Å². The molecule has 1 aromatic heterocycles. The summed E-state index contributed by atoms with van der Waals surface area (Å²) in [6.45, 7) is 3.86. The van der Waals surface area contributed by atoms with Crippen LogP contribution in [0.1, 0.15) is 31.7 Å². The average Bonchev–Trinajstić information content (AvgIpc) is 3.16. The molecule has 1 aliphatic carbocycles. The van der Waals surface area contributed by atoms with E-state index in [1.165, 1.54) is 12.1 Å². The number of hydrogen-bond acceptors (Lipinski definition) is 2. The summed E-state index contributed by atoms with van der Waals surface area (Å²) in [4.78, 5) is 14.6. The van der Waals surface area contributed by atoms with Crippen LogP contribution in [0.15, 0.2) is 30.6 Å². The van der Waals surface area contributed by atoms with Gasteiger partial charge < -0.3 is 4.90 Å². The monoisotopic (exact) mass is 335 g/mol. The number of halogens is 2. The van der Waals surface area contributed by atoms with Crippen molar-refractivity contribution in [3.05, 3.63) is 47.0 Å². The van der Waals surface area contributed by atoms with Gasteiger partial charge in [-0.1, -0.05) is 11.6 Å². The van der Waals surface area contributed by atoms with Gasteiger partial charge in [-0.3, -0.25) is 9.48 Å². The predicted octanol–water partition coefficient (Wildman–Crippen LogP) is 3.76. The van der Waals surface area contributed by atoms with E-state index in [0.717, 1.165) is 12.0 Å². The molecular formula is C17H19ClFN3O. The molecular weight excluding hydrogens is 317 g/mol. The molecule has 1 aliphatic rings. The van der Waals surface area contributed by atoms with Gasteiger partial charge in [0.2, 0.25) is 5.91 Å². The van der Waals surface area contributed by atoms with Gasteiger partial charge in [-0.25, -0.2) is 4.39 Å². The molecule has 1 heterocycles. The number of benzene rings is 1. The van der Waals surface area contributed by atoms with Gasteiger partial charge in [0.25, 0.3) is 0 Å². The van der Waals surface area contributed by atoms with E-state index >= 15 is 0 Å². The first-order valence-corrected chi connectivity index (χ1v) is 8.03. The van der Waals surface area contributed by atoms with Crippen molar-refractivity contribution < 1.29 is 9.18 Å². The molecule has 0 N–H and O–H groups in total. The van der Waals surface area contributed by atoms with Crippen molar-refractivity contribution in [1.29, 1.82) is 0 Å². The molecule has 23 heavy (non-hydrogen) atoms. The van der Waals surface area contributed by atoms with Crippen LogP contribution in [0.3, 0.4) is 0 Å². The maximum Gasteiger partial charge on any atom is 0.231 e. The first-order valence-electron chi connectivity index (χ1n) is 7.65. The molecule has 1 aromatic carbocycles. The van der Waals surface area contributed by atoms with Crippen molar-refractivity contribution in [1.82, 2.24) is 9.78 Å². The first-order chi connectivity index (χ1) is 10.9. The number of hydrogen-bond donors (Lipinski definition) is 0. The number of amides is 1. The van der Waals surface area contributed by atoms with Gasteiger partial charge in [0.05, 0.1) is 16.9 Å². The molecule has 2 aromatic rings. The minimum Gasteiger partial charge on any atom is -0.308 e. The molecule has 1 amide bonds. The molecule has 3 rings (SSSR count). The molecule has 0 spiro atoms. The van der Waals surface area contributed by atoms with E-state index in [4.69, 9.17) is 11.6 Å². The zero-order valence-electron chi connectivity index (χ0n) is 13.3. The molecule has 0 saturated heterocycles. The highest BCUT2D eigenvalue weighted by Gasteiger charge is 2.47. The van der Waals surface area contributed by atoms with E-state index in [1.807, 2.05) is 33.3 Å². The van der Waals surface area contributed by atoms with Crippen LogP contribution in [0.4, 0.5) is 10.1 Å². The van der Waals surface area contributed by atoms with Crippen molar-refractivity contribution in [2.45, 2.75) is 32.2 Å². The Kier molecular flexibility index (Phi) is 4.15. The molecule has 2 atom stereocenters. The van der Waals surface area contributed by atoms with Crippen LogP contribution in [0.25, 0.3) is 0 Å². The van der Waals surface area contributed by atoms with Crippen molar-refractivity contribution in [2.24, 2.45) is 13.0 Å². The number of rotatable bonds is 4. The van der Waals surface area contributed by atoms with Gasteiger partial charge in [0, 0.05) is 25.2 Å².